The number of aliphatic hydroxyl groups excluding tert-OH is 1. The number of hydrogen-bond donors (Lipinski definition) is 1. The molecule has 0 aliphatic carbocycles. The molecule has 0 amide bonds. The maximum Gasteiger partial charge on any atom is 0.302 e. The number of esters is 2. The van der Waals surface area contributed by atoms with Gasteiger partial charge in [0.05, 0.1) is 13.2 Å². The van der Waals surface area contributed by atoms with Crippen molar-refractivity contribution in [3.8, 4) is 0 Å². The second-order valence-electron chi connectivity index (χ2n) is 1.85. The summed E-state index contributed by atoms with van der Waals surface area (Å²) in [5.74, 6) is -0.421. The fraction of sp³-hybridized carbons (Fsp3) is 0.778. The van der Waals surface area contributed by atoms with Crippen molar-refractivity contribution in [3.05, 3.63) is 0 Å². The van der Waals surface area contributed by atoms with Crippen molar-refractivity contribution >= 4 is 11.9 Å². The molecular formula is C9H20O5. The standard InChI is InChI=1S/2C4H8O2.CH4O/c2*1-3-6-4(2)5;1-2/h2*3H2,1-2H3;2H,1H3. The maximum absolute atomic E-state index is 9.82. The third kappa shape index (κ3) is 44.5. The van der Waals surface area contributed by atoms with Crippen LogP contribution in [0, 0.1) is 0 Å². The van der Waals surface area contributed by atoms with Crippen LogP contribution in [0.1, 0.15) is 27.7 Å². The van der Waals surface area contributed by atoms with E-state index in [2.05, 4.69) is 9.47 Å². The summed E-state index contributed by atoms with van der Waals surface area (Å²) in [7, 11) is 1.00. The van der Waals surface area contributed by atoms with Gasteiger partial charge in [-0.15, -0.1) is 0 Å². The Hall–Kier alpha value is -1.10. The average molecular weight is 208 g/mol. The van der Waals surface area contributed by atoms with E-state index in [1.807, 2.05) is 0 Å². The molecule has 0 fully saturated rings. The van der Waals surface area contributed by atoms with E-state index in [4.69, 9.17) is 5.11 Å². The summed E-state index contributed by atoms with van der Waals surface area (Å²) < 4.78 is 8.81. The molecule has 0 aliphatic heterocycles. The second kappa shape index (κ2) is 17.8. The number of carbonyl (C=O) groups is 2. The van der Waals surface area contributed by atoms with Crippen molar-refractivity contribution in [1.29, 1.82) is 0 Å². The number of ether oxygens (including phenoxy) is 2. The van der Waals surface area contributed by atoms with Crippen molar-refractivity contribution in [2.45, 2.75) is 27.7 Å². The molecule has 0 aromatic heterocycles. The van der Waals surface area contributed by atoms with Crippen LogP contribution in [-0.2, 0) is 19.1 Å². The van der Waals surface area contributed by atoms with E-state index in [0.29, 0.717) is 13.2 Å². The lowest BCUT2D eigenvalue weighted by Crippen LogP contribution is -1.95. The van der Waals surface area contributed by atoms with Gasteiger partial charge in [0.1, 0.15) is 0 Å². The summed E-state index contributed by atoms with van der Waals surface area (Å²) in [5, 5.41) is 7.00. The van der Waals surface area contributed by atoms with E-state index >= 15 is 0 Å². The van der Waals surface area contributed by atoms with Gasteiger partial charge < -0.3 is 14.6 Å². The van der Waals surface area contributed by atoms with Crippen LogP contribution >= 0.6 is 0 Å². The normalized spacial score (nSPS) is 7.00. The maximum atomic E-state index is 9.82. The Balaban J connectivity index is -0.000000147. The largest absolute Gasteiger partial charge is 0.466 e. The molecule has 0 atom stereocenters. The predicted molar refractivity (Wildman–Crippen MR) is 52.8 cm³/mol. The van der Waals surface area contributed by atoms with Crippen LogP contribution in [0.15, 0.2) is 0 Å². The summed E-state index contributed by atoms with van der Waals surface area (Å²) >= 11 is 0. The van der Waals surface area contributed by atoms with Crippen molar-refractivity contribution in [3.63, 3.8) is 0 Å². The van der Waals surface area contributed by atoms with Crippen molar-refractivity contribution < 1.29 is 24.2 Å². The summed E-state index contributed by atoms with van der Waals surface area (Å²) in [5.41, 5.74) is 0. The molecule has 0 spiro atoms. The zero-order valence-corrected chi connectivity index (χ0v) is 9.49. The minimum Gasteiger partial charge on any atom is -0.466 e. The molecule has 0 aliphatic rings. The topological polar surface area (TPSA) is 72.8 Å². The first-order valence-electron chi connectivity index (χ1n) is 4.26. The molecule has 0 aromatic rings. The van der Waals surface area contributed by atoms with Gasteiger partial charge in [0.25, 0.3) is 0 Å². The first-order chi connectivity index (χ1) is 6.54. The highest BCUT2D eigenvalue weighted by atomic mass is 16.5. The minimum atomic E-state index is -0.211. The van der Waals surface area contributed by atoms with Gasteiger partial charge in [-0.2, -0.15) is 0 Å². The van der Waals surface area contributed by atoms with Gasteiger partial charge in [0, 0.05) is 21.0 Å². The smallest absolute Gasteiger partial charge is 0.302 e. The quantitative estimate of drug-likeness (QED) is 0.678. The van der Waals surface area contributed by atoms with Crippen LogP contribution in [0.25, 0.3) is 0 Å². The molecule has 1 N–H and O–H groups in total. The van der Waals surface area contributed by atoms with Crippen LogP contribution in [0.2, 0.25) is 0 Å². The zero-order chi connectivity index (χ0) is 12.0. The molecular weight excluding hydrogens is 188 g/mol. The summed E-state index contributed by atoms with van der Waals surface area (Å²) in [6.45, 7) is 7.31. The SMILES string of the molecule is CCOC(C)=O.CCOC(C)=O.CO. The Labute approximate surface area is 85.0 Å². The van der Waals surface area contributed by atoms with Crippen molar-refractivity contribution in [2.24, 2.45) is 0 Å². The van der Waals surface area contributed by atoms with Crippen LogP contribution in [0.4, 0.5) is 0 Å². The first kappa shape index (κ1) is 18.6. The molecule has 0 saturated heterocycles. The molecule has 0 aromatic carbocycles. The Morgan fingerprint density at radius 3 is 1.14 bits per heavy atom. The number of aliphatic hydroxyl groups is 1. The van der Waals surface area contributed by atoms with Crippen LogP contribution in [0.5, 0.6) is 0 Å². The van der Waals surface area contributed by atoms with E-state index in [-0.39, 0.29) is 11.9 Å². The zero-order valence-electron chi connectivity index (χ0n) is 9.49. The summed E-state index contributed by atoms with van der Waals surface area (Å²) in [4.78, 5) is 19.6. The molecule has 0 heterocycles. The molecule has 86 valence electrons. The fourth-order valence-electron chi connectivity index (χ4n) is 0.407. The molecule has 0 radical (unpaired) electrons. The van der Waals surface area contributed by atoms with Gasteiger partial charge in [-0.05, 0) is 13.8 Å². The predicted octanol–water partition coefficient (Wildman–Crippen LogP) is 0.747. The number of hydrogen-bond acceptors (Lipinski definition) is 5. The van der Waals surface area contributed by atoms with E-state index in [1.54, 1.807) is 13.8 Å². The number of rotatable bonds is 2. The summed E-state index contributed by atoms with van der Waals surface area (Å²) in [6.07, 6.45) is 0. The van der Waals surface area contributed by atoms with Gasteiger partial charge in [0.15, 0.2) is 0 Å². The molecule has 0 unspecified atom stereocenters. The molecule has 5 nitrogen and oxygen atoms in total. The lowest BCUT2D eigenvalue weighted by atomic mass is 10.8. The fourth-order valence-corrected chi connectivity index (χ4v) is 0.407. The van der Waals surface area contributed by atoms with Crippen LogP contribution in [0.3, 0.4) is 0 Å². The molecule has 14 heavy (non-hydrogen) atoms. The third-order valence-electron chi connectivity index (χ3n) is 0.695. The first-order valence-corrected chi connectivity index (χ1v) is 4.26. The highest BCUT2D eigenvalue weighted by Gasteiger charge is 1.82. The van der Waals surface area contributed by atoms with Gasteiger partial charge in [-0.25, -0.2) is 0 Å². The summed E-state index contributed by atoms with van der Waals surface area (Å²) in [6, 6.07) is 0. The van der Waals surface area contributed by atoms with Gasteiger partial charge in [-0.1, -0.05) is 0 Å². The molecule has 0 rings (SSSR count). The lowest BCUT2D eigenvalue weighted by molar-refractivity contribution is -0.141. The minimum absolute atomic E-state index is 0.211. The monoisotopic (exact) mass is 208 g/mol. The van der Waals surface area contributed by atoms with Gasteiger partial charge >= 0.3 is 11.9 Å². The van der Waals surface area contributed by atoms with Crippen molar-refractivity contribution in [1.82, 2.24) is 0 Å². The van der Waals surface area contributed by atoms with E-state index in [1.165, 1.54) is 13.8 Å². The molecule has 5 heteroatoms. The Morgan fingerprint density at radius 1 is 0.929 bits per heavy atom. The van der Waals surface area contributed by atoms with Gasteiger partial charge in [0.2, 0.25) is 0 Å². The van der Waals surface area contributed by atoms with Gasteiger partial charge in [-0.3, -0.25) is 9.59 Å². The van der Waals surface area contributed by atoms with Crippen LogP contribution < -0.4 is 0 Å². The van der Waals surface area contributed by atoms with E-state index in [0.717, 1.165) is 7.11 Å². The average Bonchev–Trinajstić information content (AvgIpc) is 2.08. The Kier molecular flexibility index (Phi) is 23.8. The highest BCUT2D eigenvalue weighted by molar-refractivity contribution is 5.66. The number of carbonyl (C=O) groups excluding carboxylic acids is 2. The van der Waals surface area contributed by atoms with Crippen LogP contribution in [-0.4, -0.2) is 37.4 Å². The molecule has 0 bridgehead atoms. The van der Waals surface area contributed by atoms with E-state index < -0.39 is 0 Å². The van der Waals surface area contributed by atoms with E-state index in [9.17, 15) is 9.59 Å². The van der Waals surface area contributed by atoms with Crippen molar-refractivity contribution in [2.75, 3.05) is 20.3 Å². The molecule has 0 saturated carbocycles. The second-order valence-corrected chi connectivity index (χ2v) is 1.85. The Bertz CT molecular complexity index is 117. The third-order valence-corrected chi connectivity index (χ3v) is 0.695. The lowest BCUT2D eigenvalue weighted by Gasteiger charge is -1.89. The highest BCUT2D eigenvalue weighted by Crippen LogP contribution is 1.70. The Morgan fingerprint density at radius 2 is 1.14 bits per heavy atom.